The molecule has 0 aliphatic heterocycles. The second-order valence-electron chi connectivity index (χ2n) is 5.42. The van der Waals surface area contributed by atoms with Gasteiger partial charge in [-0.2, -0.15) is 0 Å². The van der Waals surface area contributed by atoms with Gasteiger partial charge in [-0.05, 0) is 55.4 Å². The number of halogens is 1. The van der Waals surface area contributed by atoms with Crippen molar-refractivity contribution in [2.45, 2.75) is 13.3 Å². The number of methoxy groups -OCH3 is 1. The Balaban J connectivity index is 1.78. The van der Waals surface area contributed by atoms with Crippen LogP contribution in [0.3, 0.4) is 0 Å². The molecule has 0 aromatic heterocycles. The second-order valence-corrected chi connectivity index (χ2v) is 6.26. The van der Waals surface area contributed by atoms with Gasteiger partial charge in [0.15, 0.2) is 5.11 Å². The van der Waals surface area contributed by atoms with Crippen molar-refractivity contribution in [1.82, 2.24) is 16.2 Å². The van der Waals surface area contributed by atoms with Crippen molar-refractivity contribution in [3.63, 3.8) is 0 Å². The quantitative estimate of drug-likeness (QED) is 0.552. The third-order valence-corrected chi connectivity index (χ3v) is 4.00. The number of aryl methyl sites for hydroxylation is 1. The Kier molecular flexibility index (Phi) is 7.03. The van der Waals surface area contributed by atoms with E-state index in [4.69, 9.17) is 28.6 Å². The van der Waals surface area contributed by atoms with Gasteiger partial charge < -0.3 is 10.1 Å². The van der Waals surface area contributed by atoms with E-state index in [0.717, 1.165) is 17.5 Å². The van der Waals surface area contributed by atoms with Crippen LogP contribution in [0.4, 0.5) is 0 Å². The number of carbonyl (C=O) groups is 1. The first-order chi connectivity index (χ1) is 12.0. The van der Waals surface area contributed by atoms with Crippen molar-refractivity contribution in [3.8, 4) is 5.75 Å². The molecule has 5 nitrogen and oxygen atoms in total. The average molecular weight is 378 g/mol. The predicted molar refractivity (Wildman–Crippen MR) is 104 cm³/mol. The normalized spacial score (nSPS) is 10.0. The molecular formula is C18H20ClN3O2S. The number of amides is 1. The monoisotopic (exact) mass is 377 g/mol. The smallest absolute Gasteiger partial charge is 0.273 e. The Bertz CT molecular complexity index is 750. The number of rotatable bonds is 5. The van der Waals surface area contributed by atoms with Gasteiger partial charge in [-0.25, -0.2) is 0 Å². The number of hydrazine groups is 1. The Morgan fingerprint density at radius 2 is 1.88 bits per heavy atom. The second kappa shape index (κ2) is 9.25. The van der Waals surface area contributed by atoms with Crippen LogP contribution in [0.15, 0.2) is 42.5 Å². The summed E-state index contributed by atoms with van der Waals surface area (Å²) in [6.07, 6.45) is 0.790. The van der Waals surface area contributed by atoms with E-state index in [1.807, 2.05) is 37.3 Å². The molecule has 2 aromatic carbocycles. The van der Waals surface area contributed by atoms with Crippen LogP contribution in [-0.4, -0.2) is 24.7 Å². The van der Waals surface area contributed by atoms with Gasteiger partial charge in [-0.3, -0.25) is 15.6 Å². The van der Waals surface area contributed by atoms with Crippen molar-refractivity contribution >= 4 is 34.8 Å². The highest BCUT2D eigenvalue weighted by molar-refractivity contribution is 7.80. The molecule has 0 bridgehead atoms. The summed E-state index contributed by atoms with van der Waals surface area (Å²) in [7, 11) is 1.53. The fraction of sp³-hybridized carbons (Fsp3) is 0.222. The van der Waals surface area contributed by atoms with E-state index >= 15 is 0 Å². The maximum Gasteiger partial charge on any atom is 0.273 e. The first kappa shape index (κ1) is 19.0. The lowest BCUT2D eigenvalue weighted by atomic mass is 10.1. The third-order valence-electron chi connectivity index (χ3n) is 3.50. The molecule has 2 rings (SSSR count). The number of carbonyl (C=O) groups excluding carboxylic acids is 1. The lowest BCUT2D eigenvalue weighted by Crippen LogP contribution is -2.47. The molecule has 0 heterocycles. The molecule has 132 valence electrons. The van der Waals surface area contributed by atoms with Crippen molar-refractivity contribution in [1.29, 1.82) is 0 Å². The van der Waals surface area contributed by atoms with Crippen LogP contribution in [0.5, 0.6) is 5.75 Å². The zero-order chi connectivity index (χ0) is 18.2. The zero-order valence-corrected chi connectivity index (χ0v) is 15.6. The van der Waals surface area contributed by atoms with Gasteiger partial charge in [0.1, 0.15) is 5.75 Å². The minimum absolute atomic E-state index is 0.317. The molecule has 0 saturated heterocycles. The van der Waals surface area contributed by atoms with Gasteiger partial charge in [-0.15, -0.1) is 0 Å². The van der Waals surface area contributed by atoms with Gasteiger partial charge in [0.05, 0.1) is 12.7 Å². The zero-order valence-electron chi connectivity index (χ0n) is 14.1. The number of hydrogen-bond donors (Lipinski definition) is 3. The van der Waals surface area contributed by atoms with E-state index in [-0.39, 0.29) is 5.91 Å². The molecule has 7 heteroatoms. The average Bonchev–Trinajstić information content (AvgIpc) is 2.61. The molecule has 1 amide bonds. The van der Waals surface area contributed by atoms with Crippen LogP contribution >= 0.6 is 23.8 Å². The number of thiocarbonyl (C=S) groups is 1. The van der Waals surface area contributed by atoms with E-state index in [1.165, 1.54) is 7.11 Å². The summed E-state index contributed by atoms with van der Waals surface area (Å²) in [6.45, 7) is 2.55. The van der Waals surface area contributed by atoms with E-state index < -0.39 is 0 Å². The molecule has 0 spiro atoms. The van der Waals surface area contributed by atoms with Gasteiger partial charge in [-0.1, -0.05) is 35.4 Å². The highest BCUT2D eigenvalue weighted by atomic mass is 35.5. The fourth-order valence-corrected chi connectivity index (χ4v) is 2.47. The van der Waals surface area contributed by atoms with Crippen LogP contribution < -0.4 is 20.9 Å². The lowest BCUT2D eigenvalue weighted by molar-refractivity contribution is 0.0940. The van der Waals surface area contributed by atoms with Crippen molar-refractivity contribution in [2.24, 2.45) is 0 Å². The first-order valence-electron chi connectivity index (χ1n) is 7.73. The molecular weight excluding hydrogens is 358 g/mol. The summed E-state index contributed by atoms with van der Waals surface area (Å²) < 4.78 is 5.20. The predicted octanol–water partition coefficient (Wildman–Crippen LogP) is 3.01. The summed E-state index contributed by atoms with van der Waals surface area (Å²) in [4.78, 5) is 12.3. The van der Waals surface area contributed by atoms with E-state index in [2.05, 4.69) is 16.2 Å². The van der Waals surface area contributed by atoms with Gasteiger partial charge in [0, 0.05) is 11.6 Å². The maximum absolute atomic E-state index is 12.3. The highest BCUT2D eigenvalue weighted by Gasteiger charge is 2.12. The molecule has 0 aliphatic carbocycles. The maximum atomic E-state index is 12.3. The standard InChI is InChI=1S/C18H20ClN3O2S/c1-12-3-8-16(24-2)15(11-12)17(23)21-22-18(25)20-10-9-13-4-6-14(19)7-5-13/h3-8,11H,9-10H2,1-2H3,(H,21,23)(H2,20,22,25). The molecule has 25 heavy (non-hydrogen) atoms. The molecule has 0 unspecified atom stereocenters. The van der Waals surface area contributed by atoms with E-state index in [9.17, 15) is 4.79 Å². The molecule has 0 radical (unpaired) electrons. The minimum Gasteiger partial charge on any atom is -0.496 e. The summed E-state index contributed by atoms with van der Waals surface area (Å²) >= 11 is 11.0. The Morgan fingerprint density at radius 1 is 1.16 bits per heavy atom. The first-order valence-corrected chi connectivity index (χ1v) is 8.51. The van der Waals surface area contributed by atoms with Crippen molar-refractivity contribution < 1.29 is 9.53 Å². The Labute approximate surface area is 157 Å². The van der Waals surface area contributed by atoms with Crippen molar-refractivity contribution in [3.05, 3.63) is 64.2 Å². The van der Waals surface area contributed by atoms with E-state index in [0.29, 0.717) is 28.0 Å². The minimum atomic E-state index is -0.317. The summed E-state index contributed by atoms with van der Waals surface area (Å²) in [6, 6.07) is 13.0. The Hall–Kier alpha value is -2.31. The number of benzene rings is 2. The summed E-state index contributed by atoms with van der Waals surface area (Å²) in [5.74, 6) is 0.189. The van der Waals surface area contributed by atoms with Crippen LogP contribution in [-0.2, 0) is 6.42 Å². The SMILES string of the molecule is COc1ccc(C)cc1C(=O)NNC(=S)NCCc1ccc(Cl)cc1. The molecule has 2 aromatic rings. The molecule has 3 N–H and O–H groups in total. The molecule has 0 atom stereocenters. The number of ether oxygens (including phenoxy) is 1. The van der Waals surface area contributed by atoms with E-state index in [1.54, 1.807) is 12.1 Å². The van der Waals surface area contributed by atoms with Crippen LogP contribution in [0.25, 0.3) is 0 Å². The fourth-order valence-electron chi connectivity index (χ4n) is 2.20. The number of hydrogen-bond acceptors (Lipinski definition) is 3. The van der Waals surface area contributed by atoms with Crippen LogP contribution in [0.2, 0.25) is 5.02 Å². The number of nitrogens with one attached hydrogen (secondary N) is 3. The summed E-state index contributed by atoms with van der Waals surface area (Å²) in [5.41, 5.74) is 7.82. The van der Waals surface area contributed by atoms with Crippen LogP contribution in [0.1, 0.15) is 21.5 Å². The van der Waals surface area contributed by atoms with Gasteiger partial charge in [0.25, 0.3) is 5.91 Å². The topological polar surface area (TPSA) is 62.4 Å². The van der Waals surface area contributed by atoms with Crippen LogP contribution in [0, 0.1) is 6.92 Å². The summed E-state index contributed by atoms with van der Waals surface area (Å²) in [5, 5.41) is 4.09. The molecule has 0 saturated carbocycles. The third kappa shape index (κ3) is 5.92. The highest BCUT2D eigenvalue weighted by Crippen LogP contribution is 2.19. The van der Waals surface area contributed by atoms with Gasteiger partial charge in [0.2, 0.25) is 0 Å². The van der Waals surface area contributed by atoms with Gasteiger partial charge >= 0.3 is 0 Å². The Morgan fingerprint density at radius 3 is 2.56 bits per heavy atom. The van der Waals surface area contributed by atoms with Crippen molar-refractivity contribution in [2.75, 3.05) is 13.7 Å². The molecule has 0 aliphatic rings. The lowest BCUT2D eigenvalue weighted by Gasteiger charge is -2.13. The largest absolute Gasteiger partial charge is 0.496 e. The molecule has 0 fully saturated rings.